The van der Waals surface area contributed by atoms with Crippen LogP contribution in [0, 0.1) is 20.8 Å². The minimum Gasteiger partial charge on any atom is -0.491 e. The lowest BCUT2D eigenvalue weighted by molar-refractivity contribution is -0.122. The lowest BCUT2D eigenvalue weighted by Crippen LogP contribution is -2.50. The Morgan fingerprint density at radius 3 is 2.21 bits per heavy atom. The Labute approximate surface area is 173 Å². The zero-order chi connectivity index (χ0) is 21.8. The zero-order valence-corrected chi connectivity index (χ0v) is 18.7. The second-order valence-corrected chi connectivity index (χ2v) is 9.43. The molecular weight excluding hydrogens is 388 g/mol. The maximum absolute atomic E-state index is 12.8. The molecule has 2 atom stereocenters. The van der Waals surface area contributed by atoms with Crippen molar-refractivity contribution >= 4 is 21.6 Å². The number of rotatable bonds is 8. The van der Waals surface area contributed by atoms with E-state index in [1.54, 1.807) is 19.1 Å². The van der Waals surface area contributed by atoms with Crippen LogP contribution in [0.4, 0.5) is 5.69 Å². The van der Waals surface area contributed by atoms with E-state index in [9.17, 15) is 13.2 Å². The van der Waals surface area contributed by atoms with Crippen LogP contribution < -0.4 is 14.4 Å². The van der Waals surface area contributed by atoms with Gasteiger partial charge in [0.25, 0.3) is 0 Å². The van der Waals surface area contributed by atoms with Crippen LogP contribution in [0.25, 0.3) is 0 Å². The van der Waals surface area contributed by atoms with E-state index in [1.165, 1.54) is 0 Å². The quantitative estimate of drug-likeness (QED) is 0.713. The number of carbonyl (C=O) groups excluding carboxylic acids is 1. The number of anilines is 1. The first-order valence-corrected chi connectivity index (χ1v) is 11.4. The minimum atomic E-state index is -3.65. The number of carbonyl (C=O) groups is 1. The summed E-state index contributed by atoms with van der Waals surface area (Å²) < 4.78 is 31.9. The van der Waals surface area contributed by atoms with Gasteiger partial charge in [0, 0.05) is 0 Å². The van der Waals surface area contributed by atoms with Crippen molar-refractivity contribution in [3.63, 3.8) is 0 Å². The number of sulfonamides is 1. The first-order chi connectivity index (χ1) is 13.5. The predicted molar refractivity (Wildman–Crippen MR) is 117 cm³/mol. The molecule has 6 nitrogen and oxygen atoms in total. The summed E-state index contributed by atoms with van der Waals surface area (Å²) in [4.78, 5) is 12.8. The maximum atomic E-state index is 12.8. The smallest absolute Gasteiger partial charge is 0.243 e. The average Bonchev–Trinajstić information content (AvgIpc) is 2.59. The fourth-order valence-electron chi connectivity index (χ4n) is 3.22. The molecule has 158 valence electrons. The fraction of sp³-hybridized carbons (Fsp3) is 0.409. The van der Waals surface area contributed by atoms with E-state index < -0.39 is 16.1 Å². The lowest BCUT2D eigenvalue weighted by atomic mass is 10.1. The topological polar surface area (TPSA) is 75.7 Å². The van der Waals surface area contributed by atoms with Gasteiger partial charge in [0.2, 0.25) is 15.9 Å². The third kappa shape index (κ3) is 6.22. The maximum Gasteiger partial charge on any atom is 0.243 e. The van der Waals surface area contributed by atoms with E-state index in [4.69, 9.17) is 4.74 Å². The monoisotopic (exact) mass is 418 g/mol. The first-order valence-electron chi connectivity index (χ1n) is 9.55. The summed E-state index contributed by atoms with van der Waals surface area (Å²) in [5, 5.41) is 2.85. The normalized spacial score (nSPS) is 13.4. The highest BCUT2D eigenvalue weighted by Gasteiger charge is 2.30. The Morgan fingerprint density at radius 1 is 1.07 bits per heavy atom. The van der Waals surface area contributed by atoms with Crippen molar-refractivity contribution in [2.75, 3.05) is 17.2 Å². The molecule has 0 heterocycles. The molecule has 0 radical (unpaired) electrons. The Balaban J connectivity index is 2.11. The molecule has 0 spiro atoms. The van der Waals surface area contributed by atoms with Crippen molar-refractivity contribution < 1.29 is 17.9 Å². The molecule has 1 amide bonds. The van der Waals surface area contributed by atoms with Gasteiger partial charge in [0.1, 0.15) is 18.4 Å². The summed E-state index contributed by atoms with van der Waals surface area (Å²) in [5.74, 6) is 0.380. The van der Waals surface area contributed by atoms with Crippen molar-refractivity contribution in [3.05, 3.63) is 59.2 Å². The SMILES string of the molecule is Cc1cc(C)cc(N([C@@H](C)C(=O)N[C@@H](C)COc2ccccc2C)S(C)(=O)=O)c1. The van der Waals surface area contributed by atoms with Gasteiger partial charge in [-0.3, -0.25) is 9.10 Å². The number of hydrogen-bond acceptors (Lipinski definition) is 4. The number of hydrogen-bond donors (Lipinski definition) is 1. The summed E-state index contributed by atoms with van der Waals surface area (Å²) in [6, 6.07) is 12.0. The van der Waals surface area contributed by atoms with E-state index in [0.717, 1.165) is 33.0 Å². The van der Waals surface area contributed by atoms with Gasteiger partial charge >= 0.3 is 0 Å². The predicted octanol–water partition coefficient (Wildman–Crippen LogP) is 3.35. The van der Waals surface area contributed by atoms with Crippen LogP contribution in [0.2, 0.25) is 0 Å². The Bertz CT molecular complexity index is 952. The molecule has 0 saturated heterocycles. The molecule has 0 fully saturated rings. The fourth-order valence-corrected chi connectivity index (χ4v) is 4.38. The van der Waals surface area contributed by atoms with Gasteiger partial charge in [-0.15, -0.1) is 0 Å². The summed E-state index contributed by atoms with van der Waals surface area (Å²) >= 11 is 0. The third-order valence-electron chi connectivity index (χ3n) is 4.52. The van der Waals surface area contributed by atoms with Crippen LogP contribution in [-0.4, -0.2) is 39.3 Å². The molecule has 0 aromatic heterocycles. The highest BCUT2D eigenvalue weighted by Crippen LogP contribution is 2.24. The second kappa shape index (κ2) is 9.31. The van der Waals surface area contributed by atoms with E-state index >= 15 is 0 Å². The average molecular weight is 419 g/mol. The van der Waals surface area contributed by atoms with Crippen LogP contribution in [0.15, 0.2) is 42.5 Å². The molecule has 0 saturated carbocycles. The van der Waals surface area contributed by atoms with E-state index in [1.807, 2.05) is 58.0 Å². The molecule has 0 aliphatic heterocycles. The number of ether oxygens (including phenoxy) is 1. The molecule has 0 aliphatic carbocycles. The molecule has 2 aromatic carbocycles. The Morgan fingerprint density at radius 2 is 1.66 bits per heavy atom. The summed E-state index contributed by atoms with van der Waals surface area (Å²) in [6.45, 7) is 9.44. The highest BCUT2D eigenvalue weighted by atomic mass is 32.2. The number of nitrogens with one attached hydrogen (secondary N) is 1. The minimum absolute atomic E-state index is 0.283. The summed E-state index contributed by atoms with van der Waals surface area (Å²) in [5.41, 5.74) is 3.36. The van der Waals surface area contributed by atoms with Gasteiger partial charge in [-0.2, -0.15) is 0 Å². The number of para-hydroxylation sites is 1. The van der Waals surface area contributed by atoms with Crippen molar-refractivity contribution in [1.82, 2.24) is 5.32 Å². The molecule has 0 aliphatic rings. The molecule has 2 aromatic rings. The highest BCUT2D eigenvalue weighted by molar-refractivity contribution is 7.92. The van der Waals surface area contributed by atoms with Gasteiger partial charge in [-0.25, -0.2) is 8.42 Å². The van der Waals surface area contributed by atoms with Crippen molar-refractivity contribution in [1.29, 1.82) is 0 Å². The Hall–Kier alpha value is -2.54. The van der Waals surface area contributed by atoms with Crippen LogP contribution in [0.1, 0.15) is 30.5 Å². The number of nitrogens with zero attached hydrogens (tertiary/aromatic N) is 1. The zero-order valence-electron chi connectivity index (χ0n) is 17.9. The number of aryl methyl sites for hydroxylation is 3. The van der Waals surface area contributed by atoms with E-state index in [2.05, 4.69) is 5.32 Å². The van der Waals surface area contributed by atoms with Gasteiger partial charge in [-0.1, -0.05) is 24.3 Å². The van der Waals surface area contributed by atoms with Gasteiger partial charge in [-0.05, 0) is 69.5 Å². The van der Waals surface area contributed by atoms with Gasteiger partial charge in [0.15, 0.2) is 0 Å². The molecular formula is C22H30N2O4S. The summed E-state index contributed by atoms with van der Waals surface area (Å²) in [6.07, 6.45) is 1.11. The van der Waals surface area contributed by atoms with Crippen LogP contribution in [0.5, 0.6) is 5.75 Å². The molecule has 1 N–H and O–H groups in total. The van der Waals surface area contributed by atoms with E-state index in [-0.39, 0.29) is 18.6 Å². The van der Waals surface area contributed by atoms with Crippen LogP contribution in [-0.2, 0) is 14.8 Å². The number of amides is 1. The van der Waals surface area contributed by atoms with Crippen molar-refractivity contribution in [2.45, 2.75) is 46.7 Å². The van der Waals surface area contributed by atoms with Crippen LogP contribution >= 0.6 is 0 Å². The molecule has 0 unspecified atom stereocenters. The van der Waals surface area contributed by atoms with Crippen molar-refractivity contribution in [3.8, 4) is 5.75 Å². The number of benzene rings is 2. The largest absolute Gasteiger partial charge is 0.491 e. The van der Waals surface area contributed by atoms with Gasteiger partial charge in [0.05, 0.1) is 18.0 Å². The molecule has 0 bridgehead atoms. The van der Waals surface area contributed by atoms with E-state index in [0.29, 0.717) is 5.69 Å². The third-order valence-corrected chi connectivity index (χ3v) is 5.76. The van der Waals surface area contributed by atoms with Crippen LogP contribution in [0.3, 0.4) is 0 Å². The molecule has 2 rings (SSSR count). The van der Waals surface area contributed by atoms with Gasteiger partial charge < -0.3 is 10.1 Å². The molecule has 7 heteroatoms. The first kappa shape index (κ1) is 22.7. The summed E-state index contributed by atoms with van der Waals surface area (Å²) in [7, 11) is -3.65. The molecule has 29 heavy (non-hydrogen) atoms. The van der Waals surface area contributed by atoms with Crippen molar-refractivity contribution in [2.24, 2.45) is 0 Å². The lowest BCUT2D eigenvalue weighted by Gasteiger charge is -2.29. The standard InChI is InChI=1S/C22H30N2O4S/c1-15-11-16(2)13-20(12-15)24(29(6,26)27)19(5)22(25)23-18(4)14-28-21-10-8-7-9-17(21)3/h7-13,18-19H,14H2,1-6H3,(H,23,25)/t18-,19-/m0/s1. The Kier molecular flexibility index (Phi) is 7.30. The second-order valence-electron chi connectivity index (χ2n) is 7.57.